The summed E-state index contributed by atoms with van der Waals surface area (Å²) < 4.78 is 0. The first-order valence-corrected chi connectivity index (χ1v) is 6.50. The molecule has 0 spiro atoms. The average Bonchev–Trinajstić information content (AvgIpc) is 2.17. The molecule has 0 aliphatic rings. The maximum Gasteiger partial charge on any atom is 0.314 e. The minimum absolute atomic E-state index is 0.0280. The number of rotatable bonds is 7. The van der Waals surface area contributed by atoms with Crippen molar-refractivity contribution in [2.75, 3.05) is 13.1 Å². The summed E-state index contributed by atoms with van der Waals surface area (Å²) in [6.07, 6.45) is 2.16. The predicted octanol–water partition coefficient (Wildman–Crippen LogP) is 3.01. The minimum atomic E-state index is -0.0280. The van der Waals surface area contributed by atoms with Crippen molar-refractivity contribution in [1.29, 1.82) is 0 Å². The van der Waals surface area contributed by atoms with Crippen molar-refractivity contribution >= 4 is 6.03 Å². The maximum absolute atomic E-state index is 11.4. The molecule has 0 saturated carbocycles. The van der Waals surface area contributed by atoms with Crippen molar-refractivity contribution in [3.8, 4) is 0 Å². The Morgan fingerprint density at radius 2 is 1.62 bits per heavy atom. The Bertz CT molecular complexity index is 182. The van der Waals surface area contributed by atoms with Crippen LogP contribution in [0.3, 0.4) is 0 Å². The normalized spacial score (nSPS) is 11.2. The standard InChI is InChI=1S/C13H28N2O/c1-6-7-8-14-13(16)15-9-12(10(2)3)11(4)5/h10-12H,6-9H2,1-5H3,(H2,14,15,16). The van der Waals surface area contributed by atoms with Crippen LogP contribution in [-0.4, -0.2) is 19.1 Å². The molecule has 0 unspecified atom stereocenters. The number of nitrogens with one attached hydrogen (secondary N) is 2. The third-order valence-corrected chi connectivity index (χ3v) is 3.03. The largest absolute Gasteiger partial charge is 0.338 e. The molecule has 0 fully saturated rings. The Morgan fingerprint density at radius 1 is 1.06 bits per heavy atom. The van der Waals surface area contributed by atoms with E-state index in [2.05, 4.69) is 45.3 Å². The van der Waals surface area contributed by atoms with E-state index >= 15 is 0 Å². The van der Waals surface area contributed by atoms with Gasteiger partial charge in [-0.2, -0.15) is 0 Å². The van der Waals surface area contributed by atoms with E-state index in [4.69, 9.17) is 0 Å². The molecule has 0 bridgehead atoms. The summed E-state index contributed by atoms with van der Waals surface area (Å²) in [4.78, 5) is 11.4. The Kier molecular flexibility index (Phi) is 8.04. The summed E-state index contributed by atoms with van der Waals surface area (Å²) in [7, 11) is 0. The highest BCUT2D eigenvalue weighted by atomic mass is 16.2. The number of carbonyl (C=O) groups is 1. The lowest BCUT2D eigenvalue weighted by atomic mass is 9.85. The van der Waals surface area contributed by atoms with E-state index in [9.17, 15) is 4.79 Å². The van der Waals surface area contributed by atoms with Gasteiger partial charge in [0, 0.05) is 13.1 Å². The van der Waals surface area contributed by atoms with Crippen LogP contribution in [0.4, 0.5) is 4.79 Å². The highest BCUT2D eigenvalue weighted by molar-refractivity contribution is 5.73. The molecule has 3 nitrogen and oxygen atoms in total. The van der Waals surface area contributed by atoms with Gasteiger partial charge in [-0.25, -0.2) is 4.79 Å². The highest BCUT2D eigenvalue weighted by Gasteiger charge is 2.17. The van der Waals surface area contributed by atoms with E-state index < -0.39 is 0 Å². The second-order valence-corrected chi connectivity index (χ2v) is 5.14. The number of unbranched alkanes of at least 4 members (excludes halogenated alkanes) is 1. The molecule has 0 aromatic heterocycles. The highest BCUT2D eigenvalue weighted by Crippen LogP contribution is 2.19. The molecule has 0 saturated heterocycles. The van der Waals surface area contributed by atoms with Crippen molar-refractivity contribution in [3.63, 3.8) is 0 Å². The summed E-state index contributed by atoms with van der Waals surface area (Å²) in [5, 5.41) is 5.82. The number of amides is 2. The first kappa shape index (κ1) is 15.3. The van der Waals surface area contributed by atoms with Crippen molar-refractivity contribution in [3.05, 3.63) is 0 Å². The third-order valence-electron chi connectivity index (χ3n) is 3.03. The zero-order chi connectivity index (χ0) is 12.6. The van der Waals surface area contributed by atoms with Gasteiger partial charge in [-0.05, 0) is 24.2 Å². The molecule has 0 aliphatic heterocycles. The third kappa shape index (κ3) is 6.70. The fourth-order valence-corrected chi connectivity index (χ4v) is 1.89. The Hall–Kier alpha value is -0.730. The molecule has 96 valence electrons. The van der Waals surface area contributed by atoms with Crippen LogP contribution in [-0.2, 0) is 0 Å². The van der Waals surface area contributed by atoms with E-state index in [1.54, 1.807) is 0 Å². The van der Waals surface area contributed by atoms with Crippen LogP contribution in [0, 0.1) is 17.8 Å². The van der Waals surface area contributed by atoms with Gasteiger partial charge < -0.3 is 10.6 Å². The fourth-order valence-electron chi connectivity index (χ4n) is 1.89. The summed E-state index contributed by atoms with van der Waals surface area (Å²) in [5.41, 5.74) is 0. The summed E-state index contributed by atoms with van der Waals surface area (Å²) in [6.45, 7) is 12.5. The smallest absolute Gasteiger partial charge is 0.314 e. The molecule has 3 heteroatoms. The first-order chi connectivity index (χ1) is 7.49. The zero-order valence-electron chi connectivity index (χ0n) is 11.5. The molecular formula is C13H28N2O. The SMILES string of the molecule is CCCCNC(=O)NCC(C(C)C)C(C)C. The van der Waals surface area contributed by atoms with Crippen LogP contribution >= 0.6 is 0 Å². The molecule has 0 aromatic carbocycles. The molecule has 2 N–H and O–H groups in total. The lowest BCUT2D eigenvalue weighted by molar-refractivity contribution is 0.229. The lowest BCUT2D eigenvalue weighted by Crippen LogP contribution is -2.40. The molecule has 0 aliphatic carbocycles. The number of carbonyl (C=O) groups excluding carboxylic acids is 1. The molecule has 0 rings (SSSR count). The fraction of sp³-hybridized carbons (Fsp3) is 0.923. The van der Waals surface area contributed by atoms with Gasteiger partial charge in [0.05, 0.1) is 0 Å². The molecule has 2 amide bonds. The zero-order valence-corrected chi connectivity index (χ0v) is 11.5. The van der Waals surface area contributed by atoms with Gasteiger partial charge in [-0.15, -0.1) is 0 Å². The van der Waals surface area contributed by atoms with Gasteiger partial charge >= 0.3 is 6.03 Å². The van der Waals surface area contributed by atoms with Gasteiger partial charge in [0.2, 0.25) is 0 Å². The molecular weight excluding hydrogens is 200 g/mol. The topological polar surface area (TPSA) is 41.1 Å². The summed E-state index contributed by atoms with van der Waals surface area (Å²) in [6, 6.07) is -0.0280. The van der Waals surface area contributed by atoms with Crippen LogP contribution in [0.1, 0.15) is 47.5 Å². The molecule has 0 heterocycles. The summed E-state index contributed by atoms with van der Waals surface area (Å²) in [5.74, 6) is 1.77. The van der Waals surface area contributed by atoms with Gasteiger partial charge in [-0.1, -0.05) is 41.0 Å². The van der Waals surface area contributed by atoms with Crippen LogP contribution in [0.25, 0.3) is 0 Å². The molecule has 16 heavy (non-hydrogen) atoms. The van der Waals surface area contributed by atoms with Gasteiger partial charge in [0.25, 0.3) is 0 Å². The van der Waals surface area contributed by atoms with E-state index in [1.807, 2.05) is 0 Å². The van der Waals surface area contributed by atoms with Gasteiger partial charge in [-0.3, -0.25) is 0 Å². The first-order valence-electron chi connectivity index (χ1n) is 6.50. The number of urea groups is 1. The Balaban J connectivity index is 3.79. The second-order valence-electron chi connectivity index (χ2n) is 5.14. The van der Waals surface area contributed by atoms with Crippen LogP contribution in [0.5, 0.6) is 0 Å². The average molecular weight is 228 g/mol. The van der Waals surface area contributed by atoms with Crippen molar-refractivity contribution in [2.45, 2.75) is 47.5 Å². The lowest BCUT2D eigenvalue weighted by Gasteiger charge is -2.25. The monoisotopic (exact) mass is 228 g/mol. The number of hydrogen-bond acceptors (Lipinski definition) is 1. The Morgan fingerprint density at radius 3 is 2.06 bits per heavy atom. The molecule has 0 radical (unpaired) electrons. The van der Waals surface area contributed by atoms with E-state index in [-0.39, 0.29) is 6.03 Å². The molecule has 0 aromatic rings. The quantitative estimate of drug-likeness (QED) is 0.646. The van der Waals surface area contributed by atoms with Crippen molar-refractivity contribution < 1.29 is 4.79 Å². The molecule has 0 atom stereocenters. The predicted molar refractivity (Wildman–Crippen MR) is 69.5 cm³/mol. The van der Waals surface area contributed by atoms with E-state index in [1.165, 1.54) is 0 Å². The maximum atomic E-state index is 11.4. The van der Waals surface area contributed by atoms with Gasteiger partial charge in [0.1, 0.15) is 0 Å². The van der Waals surface area contributed by atoms with Gasteiger partial charge in [0.15, 0.2) is 0 Å². The van der Waals surface area contributed by atoms with Crippen LogP contribution in [0.15, 0.2) is 0 Å². The van der Waals surface area contributed by atoms with E-state index in [0.717, 1.165) is 25.9 Å². The minimum Gasteiger partial charge on any atom is -0.338 e. The van der Waals surface area contributed by atoms with Crippen molar-refractivity contribution in [2.24, 2.45) is 17.8 Å². The summed E-state index contributed by atoms with van der Waals surface area (Å²) >= 11 is 0. The van der Waals surface area contributed by atoms with Crippen LogP contribution in [0.2, 0.25) is 0 Å². The number of hydrogen-bond donors (Lipinski definition) is 2. The van der Waals surface area contributed by atoms with E-state index in [0.29, 0.717) is 17.8 Å². The Labute approximate surface area is 100 Å². The van der Waals surface area contributed by atoms with Crippen molar-refractivity contribution in [1.82, 2.24) is 10.6 Å². The van der Waals surface area contributed by atoms with Crippen LogP contribution < -0.4 is 10.6 Å². The second kappa shape index (κ2) is 8.43.